The van der Waals surface area contributed by atoms with Gasteiger partial charge in [-0.05, 0) is 23.5 Å². The van der Waals surface area contributed by atoms with E-state index in [0.717, 1.165) is 18.5 Å². The lowest BCUT2D eigenvalue weighted by molar-refractivity contribution is 0.0279. The van der Waals surface area contributed by atoms with Crippen molar-refractivity contribution in [3.63, 3.8) is 0 Å². The average molecular weight is 300 g/mol. The van der Waals surface area contributed by atoms with E-state index in [9.17, 15) is 5.11 Å². The minimum absolute atomic E-state index is 0.262. The number of hydrogen-bond donors (Lipinski definition) is 2. The number of aliphatic hydroxyl groups is 1. The van der Waals surface area contributed by atoms with Gasteiger partial charge < -0.3 is 15.2 Å². The van der Waals surface area contributed by atoms with Gasteiger partial charge in [-0.3, -0.25) is 0 Å². The lowest BCUT2D eigenvalue weighted by atomic mass is 9.90. The second-order valence-electron chi connectivity index (χ2n) is 5.91. The molecule has 0 amide bonds. The molecule has 0 saturated carbocycles. The molecule has 1 unspecified atom stereocenters. The largest absolute Gasteiger partial charge is 0.389 e. The lowest BCUT2D eigenvalue weighted by Gasteiger charge is -2.24. The van der Waals surface area contributed by atoms with Crippen molar-refractivity contribution in [2.45, 2.75) is 39.9 Å². The molecule has 4 heteroatoms. The summed E-state index contributed by atoms with van der Waals surface area (Å²) in [5.74, 6) is 0. The summed E-state index contributed by atoms with van der Waals surface area (Å²) in [6.07, 6.45) is 0.615. The lowest BCUT2D eigenvalue weighted by Crippen LogP contribution is -2.36. The minimum Gasteiger partial charge on any atom is -0.389 e. The number of halogens is 1. The van der Waals surface area contributed by atoms with Crippen LogP contribution in [-0.2, 0) is 11.3 Å². The topological polar surface area (TPSA) is 41.5 Å². The fourth-order valence-electron chi connectivity index (χ4n) is 1.68. The monoisotopic (exact) mass is 299 g/mol. The zero-order chi connectivity index (χ0) is 15.0. The van der Waals surface area contributed by atoms with E-state index in [1.165, 1.54) is 0 Å². The standard InChI is InChI=1S/C16H26ClNO2/c1-4-16(2,3)12-18-9-14(19)11-20-10-13-7-5-6-8-15(13)17/h5-8,14,18-19H,4,9-12H2,1-3H3. The van der Waals surface area contributed by atoms with Crippen LogP contribution in [0.2, 0.25) is 5.02 Å². The van der Waals surface area contributed by atoms with Gasteiger partial charge in [-0.15, -0.1) is 0 Å². The Balaban J connectivity index is 2.18. The molecule has 0 aliphatic rings. The molecular formula is C16H26ClNO2. The van der Waals surface area contributed by atoms with Gasteiger partial charge in [-0.1, -0.05) is 50.6 Å². The smallest absolute Gasteiger partial charge is 0.0897 e. The molecule has 0 bridgehead atoms. The Hall–Kier alpha value is -0.610. The van der Waals surface area contributed by atoms with E-state index in [2.05, 4.69) is 26.1 Å². The highest BCUT2D eigenvalue weighted by Crippen LogP contribution is 2.17. The molecule has 1 atom stereocenters. The third kappa shape index (κ3) is 6.71. The number of hydrogen-bond acceptors (Lipinski definition) is 3. The van der Waals surface area contributed by atoms with E-state index in [0.29, 0.717) is 24.8 Å². The Morgan fingerprint density at radius 1 is 1.35 bits per heavy atom. The molecule has 3 nitrogen and oxygen atoms in total. The maximum atomic E-state index is 9.85. The van der Waals surface area contributed by atoms with E-state index < -0.39 is 6.10 Å². The fraction of sp³-hybridized carbons (Fsp3) is 0.625. The van der Waals surface area contributed by atoms with Crippen LogP contribution in [0.5, 0.6) is 0 Å². The van der Waals surface area contributed by atoms with Crippen molar-refractivity contribution in [3.05, 3.63) is 34.9 Å². The van der Waals surface area contributed by atoms with Crippen LogP contribution in [0.25, 0.3) is 0 Å². The van der Waals surface area contributed by atoms with E-state index in [4.69, 9.17) is 16.3 Å². The molecule has 0 radical (unpaired) electrons. The van der Waals surface area contributed by atoms with Gasteiger partial charge in [0.05, 0.1) is 19.3 Å². The summed E-state index contributed by atoms with van der Waals surface area (Å²) in [4.78, 5) is 0. The van der Waals surface area contributed by atoms with Crippen molar-refractivity contribution in [2.75, 3.05) is 19.7 Å². The first-order valence-electron chi connectivity index (χ1n) is 7.14. The van der Waals surface area contributed by atoms with Gasteiger partial charge in [0, 0.05) is 18.1 Å². The van der Waals surface area contributed by atoms with Crippen LogP contribution in [0.15, 0.2) is 24.3 Å². The van der Waals surface area contributed by atoms with Crippen molar-refractivity contribution < 1.29 is 9.84 Å². The van der Waals surface area contributed by atoms with Gasteiger partial charge in [-0.2, -0.15) is 0 Å². The molecule has 0 spiro atoms. The molecule has 1 aromatic rings. The van der Waals surface area contributed by atoms with Crippen molar-refractivity contribution >= 4 is 11.6 Å². The first-order valence-corrected chi connectivity index (χ1v) is 7.52. The zero-order valence-electron chi connectivity index (χ0n) is 12.7. The van der Waals surface area contributed by atoms with Crippen molar-refractivity contribution in [1.29, 1.82) is 0 Å². The van der Waals surface area contributed by atoms with E-state index in [1.54, 1.807) is 0 Å². The number of ether oxygens (including phenoxy) is 1. The predicted molar refractivity (Wildman–Crippen MR) is 84.1 cm³/mol. The van der Waals surface area contributed by atoms with Crippen LogP contribution in [-0.4, -0.2) is 30.9 Å². The number of rotatable bonds is 9. The molecule has 0 heterocycles. The Morgan fingerprint density at radius 2 is 2.05 bits per heavy atom. The van der Waals surface area contributed by atoms with E-state index in [-0.39, 0.29) is 5.41 Å². The quantitative estimate of drug-likeness (QED) is 0.735. The van der Waals surface area contributed by atoms with E-state index >= 15 is 0 Å². The summed E-state index contributed by atoms with van der Waals surface area (Å²) < 4.78 is 5.50. The van der Waals surface area contributed by atoms with Gasteiger partial charge in [0.15, 0.2) is 0 Å². The van der Waals surface area contributed by atoms with Gasteiger partial charge in [0.25, 0.3) is 0 Å². The second kappa shape index (κ2) is 8.63. The summed E-state index contributed by atoms with van der Waals surface area (Å²) in [7, 11) is 0. The van der Waals surface area contributed by atoms with Crippen LogP contribution in [0.1, 0.15) is 32.8 Å². The molecule has 0 saturated heterocycles. The normalized spacial score (nSPS) is 13.4. The van der Waals surface area contributed by atoms with Crippen LogP contribution in [0, 0.1) is 5.41 Å². The van der Waals surface area contributed by atoms with E-state index in [1.807, 2.05) is 24.3 Å². The molecule has 0 aliphatic carbocycles. The maximum Gasteiger partial charge on any atom is 0.0897 e. The third-order valence-electron chi connectivity index (χ3n) is 3.47. The first-order chi connectivity index (χ1) is 9.44. The summed E-state index contributed by atoms with van der Waals surface area (Å²) in [5.41, 5.74) is 1.21. The SMILES string of the molecule is CCC(C)(C)CNCC(O)COCc1ccccc1Cl. The van der Waals surface area contributed by atoms with Crippen LogP contribution < -0.4 is 5.32 Å². The summed E-state index contributed by atoms with van der Waals surface area (Å²) >= 11 is 6.03. The number of benzene rings is 1. The molecule has 1 aromatic carbocycles. The summed E-state index contributed by atoms with van der Waals surface area (Å²) in [6, 6.07) is 7.58. The summed E-state index contributed by atoms with van der Waals surface area (Å²) in [6.45, 7) is 8.77. The molecular weight excluding hydrogens is 274 g/mol. The Morgan fingerprint density at radius 3 is 2.70 bits per heavy atom. The Bertz CT molecular complexity index is 396. The molecule has 1 rings (SSSR count). The Labute approximate surface area is 127 Å². The van der Waals surface area contributed by atoms with Crippen molar-refractivity contribution in [3.8, 4) is 0 Å². The van der Waals surface area contributed by atoms with Crippen LogP contribution in [0.4, 0.5) is 0 Å². The maximum absolute atomic E-state index is 9.85. The second-order valence-corrected chi connectivity index (χ2v) is 6.32. The minimum atomic E-state index is -0.495. The van der Waals surface area contributed by atoms with Gasteiger partial charge in [-0.25, -0.2) is 0 Å². The van der Waals surface area contributed by atoms with Crippen LogP contribution >= 0.6 is 11.6 Å². The van der Waals surface area contributed by atoms with Crippen molar-refractivity contribution in [1.82, 2.24) is 5.32 Å². The van der Waals surface area contributed by atoms with Gasteiger partial charge in [0.2, 0.25) is 0 Å². The highest BCUT2D eigenvalue weighted by molar-refractivity contribution is 6.31. The highest BCUT2D eigenvalue weighted by Gasteiger charge is 2.15. The third-order valence-corrected chi connectivity index (χ3v) is 3.83. The first kappa shape index (κ1) is 17.4. The molecule has 20 heavy (non-hydrogen) atoms. The highest BCUT2D eigenvalue weighted by atomic mass is 35.5. The van der Waals surface area contributed by atoms with Gasteiger partial charge >= 0.3 is 0 Å². The molecule has 0 aliphatic heterocycles. The average Bonchev–Trinajstić information content (AvgIpc) is 2.41. The molecule has 0 aromatic heterocycles. The number of nitrogens with one attached hydrogen (secondary N) is 1. The fourth-order valence-corrected chi connectivity index (χ4v) is 1.87. The molecule has 114 valence electrons. The summed E-state index contributed by atoms with van der Waals surface area (Å²) in [5, 5.41) is 13.8. The number of aliphatic hydroxyl groups excluding tert-OH is 1. The van der Waals surface area contributed by atoms with Crippen molar-refractivity contribution in [2.24, 2.45) is 5.41 Å². The van der Waals surface area contributed by atoms with Gasteiger partial charge in [0.1, 0.15) is 0 Å². The zero-order valence-corrected chi connectivity index (χ0v) is 13.4. The van der Waals surface area contributed by atoms with Crippen LogP contribution in [0.3, 0.4) is 0 Å². The molecule has 2 N–H and O–H groups in total. The molecule has 0 fully saturated rings. The predicted octanol–water partition coefficient (Wildman–Crippen LogP) is 3.24. The Kier molecular flexibility index (Phi) is 7.52.